The second-order valence-corrected chi connectivity index (χ2v) is 6.20. The molecule has 1 aliphatic heterocycles. The van der Waals surface area contributed by atoms with Gasteiger partial charge in [0.1, 0.15) is 0 Å². The van der Waals surface area contributed by atoms with Gasteiger partial charge in [-0.05, 0) is 44.4 Å². The Labute approximate surface area is 125 Å². The average Bonchev–Trinajstić information content (AvgIpc) is 2.44. The minimum atomic E-state index is -0.00198. The van der Waals surface area contributed by atoms with Gasteiger partial charge in [-0.1, -0.05) is 51.2 Å². The maximum atomic E-state index is 11.6. The molecule has 1 heterocycles. The molecule has 0 aromatic rings. The van der Waals surface area contributed by atoms with E-state index in [2.05, 4.69) is 19.1 Å². The number of carbonyl (C=O) groups is 1. The molecule has 0 saturated heterocycles. The van der Waals surface area contributed by atoms with Crippen molar-refractivity contribution in [2.24, 2.45) is 5.92 Å². The summed E-state index contributed by atoms with van der Waals surface area (Å²) in [7, 11) is 0. The third-order valence-corrected chi connectivity index (χ3v) is 4.01. The summed E-state index contributed by atoms with van der Waals surface area (Å²) in [4.78, 5) is 11.6. The van der Waals surface area contributed by atoms with Crippen LogP contribution in [-0.4, -0.2) is 12.6 Å². The Balaban J connectivity index is 2.25. The number of esters is 1. The highest BCUT2D eigenvalue weighted by Crippen LogP contribution is 2.13. The largest absolute Gasteiger partial charge is 0.465 e. The van der Waals surface area contributed by atoms with Gasteiger partial charge in [0.05, 0.1) is 6.61 Å². The molecule has 0 bridgehead atoms. The Morgan fingerprint density at radius 1 is 0.900 bits per heavy atom. The Kier molecular flexibility index (Phi) is 10.3. The quantitative estimate of drug-likeness (QED) is 0.437. The van der Waals surface area contributed by atoms with E-state index in [0.717, 1.165) is 19.3 Å². The van der Waals surface area contributed by atoms with E-state index in [0.29, 0.717) is 18.9 Å². The summed E-state index contributed by atoms with van der Waals surface area (Å²) in [5.74, 6) is 0.490. The molecule has 1 unspecified atom stereocenters. The summed E-state index contributed by atoms with van der Waals surface area (Å²) in [5.41, 5.74) is 0. The maximum Gasteiger partial charge on any atom is 0.305 e. The third-order valence-electron chi connectivity index (χ3n) is 4.01. The molecule has 2 nitrogen and oxygen atoms in total. The highest BCUT2D eigenvalue weighted by molar-refractivity contribution is 5.69. The average molecular weight is 280 g/mol. The van der Waals surface area contributed by atoms with Crippen molar-refractivity contribution in [3.63, 3.8) is 0 Å². The van der Waals surface area contributed by atoms with Gasteiger partial charge in [0.2, 0.25) is 0 Å². The highest BCUT2D eigenvalue weighted by Gasteiger charge is 2.07. The molecule has 2 heteroatoms. The van der Waals surface area contributed by atoms with E-state index < -0.39 is 0 Å². The van der Waals surface area contributed by atoms with Gasteiger partial charge < -0.3 is 4.74 Å². The second-order valence-electron chi connectivity index (χ2n) is 6.20. The van der Waals surface area contributed by atoms with Crippen LogP contribution in [0, 0.1) is 5.92 Å². The molecule has 0 aromatic carbocycles. The topological polar surface area (TPSA) is 26.3 Å². The number of hydrogen-bond acceptors (Lipinski definition) is 2. The Morgan fingerprint density at radius 3 is 2.25 bits per heavy atom. The van der Waals surface area contributed by atoms with Crippen molar-refractivity contribution in [1.29, 1.82) is 0 Å². The van der Waals surface area contributed by atoms with Gasteiger partial charge in [-0.15, -0.1) is 0 Å². The molecule has 0 aromatic heterocycles. The molecule has 1 atom stereocenters. The predicted molar refractivity (Wildman–Crippen MR) is 84.7 cm³/mol. The molecule has 20 heavy (non-hydrogen) atoms. The van der Waals surface area contributed by atoms with Crippen molar-refractivity contribution in [3.05, 3.63) is 12.2 Å². The second kappa shape index (κ2) is 12.0. The lowest BCUT2D eigenvalue weighted by Gasteiger charge is -2.11. The Bertz CT molecular complexity index is 271. The van der Waals surface area contributed by atoms with Crippen LogP contribution >= 0.6 is 0 Å². The van der Waals surface area contributed by atoms with Crippen LogP contribution in [0.5, 0.6) is 0 Å². The molecule has 0 radical (unpaired) electrons. The number of rotatable bonds is 0. The van der Waals surface area contributed by atoms with Gasteiger partial charge in [-0.3, -0.25) is 4.79 Å². The first-order valence-electron chi connectivity index (χ1n) is 8.59. The smallest absolute Gasteiger partial charge is 0.305 e. The van der Waals surface area contributed by atoms with Crippen LogP contribution in [0.2, 0.25) is 0 Å². The molecule has 116 valence electrons. The van der Waals surface area contributed by atoms with Gasteiger partial charge in [-0.25, -0.2) is 0 Å². The molecule has 0 spiro atoms. The number of ether oxygens (including phenoxy) is 1. The van der Waals surface area contributed by atoms with Gasteiger partial charge in [0.15, 0.2) is 0 Å². The number of carbonyl (C=O) groups excluding carboxylic acids is 1. The van der Waals surface area contributed by atoms with Crippen molar-refractivity contribution in [2.75, 3.05) is 6.61 Å². The van der Waals surface area contributed by atoms with Crippen molar-refractivity contribution in [3.8, 4) is 0 Å². The lowest BCUT2D eigenvalue weighted by molar-refractivity contribution is -0.145. The lowest BCUT2D eigenvalue weighted by Crippen LogP contribution is -2.11. The van der Waals surface area contributed by atoms with Crippen molar-refractivity contribution in [1.82, 2.24) is 0 Å². The molecular weight excluding hydrogens is 248 g/mol. The standard InChI is InChI=1S/C18H32O2/c1-17-14-12-10-8-6-4-2-3-5-7-9-11-13-15-18(19)20-16-17/h6,8,17H,2-5,7,9-16H2,1H3/b8-6-. The van der Waals surface area contributed by atoms with Crippen molar-refractivity contribution >= 4 is 5.97 Å². The molecular formula is C18H32O2. The van der Waals surface area contributed by atoms with Crippen molar-refractivity contribution < 1.29 is 9.53 Å². The summed E-state index contributed by atoms with van der Waals surface area (Å²) in [6, 6.07) is 0. The summed E-state index contributed by atoms with van der Waals surface area (Å²) >= 11 is 0. The summed E-state index contributed by atoms with van der Waals surface area (Å²) in [6.45, 7) is 2.78. The number of hydrogen-bond donors (Lipinski definition) is 0. The molecule has 0 N–H and O–H groups in total. The van der Waals surface area contributed by atoms with Crippen LogP contribution < -0.4 is 0 Å². The van der Waals surface area contributed by atoms with E-state index in [1.807, 2.05) is 0 Å². The summed E-state index contributed by atoms with van der Waals surface area (Å²) in [6.07, 6.45) is 18.8. The third kappa shape index (κ3) is 10.1. The van der Waals surface area contributed by atoms with Gasteiger partial charge in [0, 0.05) is 6.42 Å². The predicted octanol–water partition coefficient (Wildman–Crippen LogP) is 5.42. The minimum absolute atomic E-state index is 0.00198. The normalized spacial score (nSPS) is 27.1. The Morgan fingerprint density at radius 2 is 1.50 bits per heavy atom. The van der Waals surface area contributed by atoms with Crippen LogP contribution in [0.1, 0.15) is 84.0 Å². The first-order valence-corrected chi connectivity index (χ1v) is 8.59. The van der Waals surface area contributed by atoms with Crippen LogP contribution in [0.3, 0.4) is 0 Å². The van der Waals surface area contributed by atoms with Gasteiger partial charge in [0.25, 0.3) is 0 Å². The zero-order chi connectivity index (χ0) is 14.5. The van der Waals surface area contributed by atoms with Crippen molar-refractivity contribution in [2.45, 2.75) is 84.0 Å². The fraction of sp³-hybridized carbons (Fsp3) is 0.833. The van der Waals surface area contributed by atoms with Crippen LogP contribution in [0.15, 0.2) is 12.2 Å². The first kappa shape index (κ1) is 17.3. The minimum Gasteiger partial charge on any atom is -0.465 e. The number of allylic oxidation sites excluding steroid dienone is 2. The van der Waals surface area contributed by atoms with E-state index in [9.17, 15) is 4.79 Å². The lowest BCUT2D eigenvalue weighted by atomic mass is 10.0. The first-order chi connectivity index (χ1) is 9.79. The molecule has 0 amide bonds. The fourth-order valence-corrected chi connectivity index (χ4v) is 2.63. The monoisotopic (exact) mass is 280 g/mol. The summed E-state index contributed by atoms with van der Waals surface area (Å²) < 4.78 is 5.34. The molecule has 0 saturated carbocycles. The molecule has 1 aliphatic rings. The van der Waals surface area contributed by atoms with E-state index in [4.69, 9.17) is 4.74 Å². The van der Waals surface area contributed by atoms with Crippen LogP contribution in [-0.2, 0) is 9.53 Å². The SMILES string of the molecule is CC1CCC/C=C\CCCCCCCCCC(=O)OC1. The van der Waals surface area contributed by atoms with E-state index >= 15 is 0 Å². The zero-order valence-electron chi connectivity index (χ0n) is 13.2. The van der Waals surface area contributed by atoms with Crippen LogP contribution in [0.4, 0.5) is 0 Å². The van der Waals surface area contributed by atoms with Crippen LogP contribution in [0.25, 0.3) is 0 Å². The number of cyclic esters (lactones) is 1. The Hall–Kier alpha value is -0.790. The zero-order valence-corrected chi connectivity index (χ0v) is 13.2. The molecule has 0 aliphatic carbocycles. The van der Waals surface area contributed by atoms with Gasteiger partial charge in [-0.2, -0.15) is 0 Å². The highest BCUT2D eigenvalue weighted by atomic mass is 16.5. The fourth-order valence-electron chi connectivity index (χ4n) is 2.63. The van der Waals surface area contributed by atoms with Gasteiger partial charge >= 0.3 is 5.97 Å². The van der Waals surface area contributed by atoms with E-state index in [1.54, 1.807) is 0 Å². The molecule has 1 rings (SSSR count). The summed E-state index contributed by atoms with van der Waals surface area (Å²) in [5, 5.41) is 0. The van der Waals surface area contributed by atoms with E-state index in [-0.39, 0.29) is 5.97 Å². The van der Waals surface area contributed by atoms with E-state index in [1.165, 1.54) is 51.4 Å². The maximum absolute atomic E-state index is 11.6. The molecule has 0 fully saturated rings.